The van der Waals surface area contributed by atoms with E-state index in [0.717, 1.165) is 25.9 Å². The highest BCUT2D eigenvalue weighted by Gasteiger charge is 2.25. The Morgan fingerprint density at radius 1 is 1.19 bits per heavy atom. The summed E-state index contributed by atoms with van der Waals surface area (Å²) in [7, 11) is -2.25. The first-order valence-corrected chi connectivity index (χ1v) is 10.7. The summed E-state index contributed by atoms with van der Waals surface area (Å²) in [6.45, 7) is 3.62. The standard InChI is InChI=1S/C20H23ClN2O3S/c1-15-5-4-12-23(14-15)20(24)16-6-3-7-18(13-16)22(2)27(25,26)19-10-8-17(21)9-11-19/h3,6-11,13,15H,4-5,12,14H2,1-2H3/t15-/m0/s1. The summed E-state index contributed by atoms with van der Waals surface area (Å²) in [5, 5.41) is 0.472. The lowest BCUT2D eigenvalue weighted by Gasteiger charge is -2.31. The van der Waals surface area contributed by atoms with Crippen LogP contribution >= 0.6 is 11.6 Å². The Balaban J connectivity index is 1.86. The molecule has 0 bridgehead atoms. The van der Waals surface area contributed by atoms with Crippen molar-refractivity contribution in [2.45, 2.75) is 24.7 Å². The summed E-state index contributed by atoms with van der Waals surface area (Å²) < 4.78 is 26.9. The largest absolute Gasteiger partial charge is 0.338 e. The Labute approximate surface area is 165 Å². The van der Waals surface area contributed by atoms with Crippen LogP contribution in [0.4, 0.5) is 5.69 Å². The van der Waals surface area contributed by atoms with Gasteiger partial charge in [-0.05, 0) is 61.2 Å². The molecule has 1 aliphatic heterocycles. The van der Waals surface area contributed by atoms with Gasteiger partial charge in [-0.15, -0.1) is 0 Å². The highest BCUT2D eigenvalue weighted by atomic mass is 35.5. The number of nitrogens with zero attached hydrogens (tertiary/aromatic N) is 2. The van der Waals surface area contributed by atoms with E-state index >= 15 is 0 Å². The lowest BCUT2D eigenvalue weighted by atomic mass is 9.99. The normalized spacial score (nSPS) is 17.6. The first kappa shape index (κ1) is 19.7. The molecular formula is C20H23ClN2O3S. The Bertz CT molecular complexity index is 928. The fraction of sp³-hybridized carbons (Fsp3) is 0.350. The molecule has 0 aromatic heterocycles. The summed E-state index contributed by atoms with van der Waals surface area (Å²) in [6.07, 6.45) is 2.13. The number of carbonyl (C=O) groups is 1. The lowest BCUT2D eigenvalue weighted by Crippen LogP contribution is -2.39. The van der Waals surface area contributed by atoms with Gasteiger partial charge in [0.25, 0.3) is 15.9 Å². The Kier molecular flexibility index (Phi) is 5.77. The van der Waals surface area contributed by atoms with Gasteiger partial charge in [0.05, 0.1) is 10.6 Å². The molecule has 144 valence electrons. The third kappa shape index (κ3) is 4.28. The highest BCUT2D eigenvalue weighted by molar-refractivity contribution is 7.92. The average Bonchev–Trinajstić information content (AvgIpc) is 2.67. The number of sulfonamides is 1. The molecule has 0 saturated carbocycles. The van der Waals surface area contributed by atoms with E-state index in [1.165, 1.54) is 23.5 Å². The zero-order valence-corrected chi connectivity index (χ0v) is 17.0. The number of piperidine rings is 1. The fourth-order valence-corrected chi connectivity index (χ4v) is 4.61. The first-order valence-electron chi connectivity index (χ1n) is 8.93. The minimum Gasteiger partial charge on any atom is -0.338 e. The predicted octanol–water partition coefficient (Wildman–Crippen LogP) is 4.04. The van der Waals surface area contributed by atoms with Crippen molar-refractivity contribution in [3.63, 3.8) is 0 Å². The van der Waals surface area contributed by atoms with E-state index in [1.54, 1.807) is 36.4 Å². The van der Waals surface area contributed by atoms with Crippen LogP contribution in [0.25, 0.3) is 0 Å². The second kappa shape index (κ2) is 7.90. The maximum absolute atomic E-state index is 12.9. The molecule has 0 N–H and O–H groups in total. The van der Waals surface area contributed by atoms with Gasteiger partial charge < -0.3 is 4.90 Å². The number of likely N-dealkylation sites (tertiary alicyclic amines) is 1. The van der Waals surface area contributed by atoms with E-state index in [0.29, 0.717) is 22.2 Å². The molecule has 27 heavy (non-hydrogen) atoms. The van der Waals surface area contributed by atoms with Crippen molar-refractivity contribution in [3.8, 4) is 0 Å². The molecule has 1 fully saturated rings. The van der Waals surface area contributed by atoms with Gasteiger partial charge in [-0.2, -0.15) is 0 Å². The molecular weight excluding hydrogens is 384 g/mol. The van der Waals surface area contributed by atoms with Crippen molar-refractivity contribution in [1.29, 1.82) is 0 Å². The minimum absolute atomic E-state index is 0.0549. The maximum atomic E-state index is 12.9. The summed E-state index contributed by atoms with van der Waals surface area (Å²) >= 11 is 5.85. The molecule has 1 aliphatic rings. The van der Waals surface area contributed by atoms with E-state index in [1.807, 2.05) is 4.90 Å². The van der Waals surface area contributed by atoms with Crippen molar-refractivity contribution in [3.05, 3.63) is 59.1 Å². The quantitative estimate of drug-likeness (QED) is 0.769. The highest BCUT2D eigenvalue weighted by Crippen LogP contribution is 2.25. The van der Waals surface area contributed by atoms with Crippen molar-refractivity contribution in [2.24, 2.45) is 5.92 Å². The maximum Gasteiger partial charge on any atom is 0.264 e. The van der Waals surface area contributed by atoms with Gasteiger partial charge in [-0.25, -0.2) is 8.42 Å². The number of anilines is 1. The lowest BCUT2D eigenvalue weighted by molar-refractivity contribution is 0.0683. The number of halogens is 1. The predicted molar refractivity (Wildman–Crippen MR) is 108 cm³/mol. The average molecular weight is 407 g/mol. The van der Waals surface area contributed by atoms with Crippen LogP contribution in [-0.2, 0) is 10.0 Å². The molecule has 5 nitrogen and oxygen atoms in total. The summed E-state index contributed by atoms with van der Waals surface area (Å²) in [5.74, 6) is 0.430. The number of hydrogen-bond acceptors (Lipinski definition) is 3. The van der Waals surface area contributed by atoms with Gasteiger partial charge in [-0.1, -0.05) is 24.6 Å². The molecule has 0 spiro atoms. The molecule has 1 atom stereocenters. The van der Waals surface area contributed by atoms with Crippen LogP contribution in [0, 0.1) is 5.92 Å². The number of benzene rings is 2. The van der Waals surface area contributed by atoms with Gasteiger partial charge in [0.15, 0.2) is 0 Å². The monoisotopic (exact) mass is 406 g/mol. The van der Waals surface area contributed by atoms with Crippen molar-refractivity contribution >= 4 is 33.2 Å². The van der Waals surface area contributed by atoms with Crippen LogP contribution in [0.5, 0.6) is 0 Å². The Morgan fingerprint density at radius 2 is 1.89 bits per heavy atom. The van der Waals surface area contributed by atoms with Gasteiger partial charge >= 0.3 is 0 Å². The second-order valence-electron chi connectivity index (χ2n) is 6.98. The zero-order valence-electron chi connectivity index (χ0n) is 15.4. The Morgan fingerprint density at radius 3 is 2.56 bits per heavy atom. The van der Waals surface area contributed by atoms with Gasteiger partial charge in [0, 0.05) is 30.7 Å². The summed E-state index contributed by atoms with van der Waals surface area (Å²) in [6, 6.07) is 12.8. The van der Waals surface area contributed by atoms with Gasteiger partial charge in [-0.3, -0.25) is 9.10 Å². The molecule has 3 rings (SSSR count). The molecule has 1 heterocycles. The van der Waals surface area contributed by atoms with Crippen LogP contribution in [0.15, 0.2) is 53.4 Å². The number of amides is 1. The third-order valence-corrected chi connectivity index (χ3v) is 6.92. The van der Waals surface area contributed by atoms with Crippen molar-refractivity contribution in [1.82, 2.24) is 4.90 Å². The fourth-order valence-electron chi connectivity index (χ4n) is 3.29. The van der Waals surface area contributed by atoms with E-state index < -0.39 is 10.0 Å². The van der Waals surface area contributed by atoms with Crippen LogP contribution in [0.3, 0.4) is 0 Å². The molecule has 2 aromatic carbocycles. The number of rotatable bonds is 4. The van der Waals surface area contributed by atoms with Crippen LogP contribution in [0.1, 0.15) is 30.1 Å². The van der Waals surface area contributed by atoms with Gasteiger partial charge in [0.2, 0.25) is 0 Å². The molecule has 2 aromatic rings. The zero-order chi connectivity index (χ0) is 19.6. The van der Waals surface area contributed by atoms with E-state index in [-0.39, 0.29) is 10.8 Å². The number of hydrogen-bond donors (Lipinski definition) is 0. The van der Waals surface area contributed by atoms with Crippen molar-refractivity contribution in [2.75, 3.05) is 24.4 Å². The summed E-state index contributed by atoms with van der Waals surface area (Å²) in [4.78, 5) is 14.8. The Hall–Kier alpha value is -2.05. The van der Waals surface area contributed by atoms with E-state index in [2.05, 4.69) is 6.92 Å². The SMILES string of the molecule is C[C@H]1CCCN(C(=O)c2cccc(N(C)S(=O)(=O)c3ccc(Cl)cc3)c2)C1. The topological polar surface area (TPSA) is 57.7 Å². The van der Waals surface area contributed by atoms with Crippen LogP contribution < -0.4 is 4.31 Å². The molecule has 1 saturated heterocycles. The molecule has 0 radical (unpaired) electrons. The smallest absolute Gasteiger partial charge is 0.264 e. The molecule has 0 aliphatic carbocycles. The molecule has 0 unspecified atom stereocenters. The van der Waals surface area contributed by atoms with Crippen molar-refractivity contribution < 1.29 is 13.2 Å². The number of carbonyl (C=O) groups excluding carboxylic acids is 1. The first-order chi connectivity index (χ1) is 12.8. The minimum atomic E-state index is -3.74. The van der Waals surface area contributed by atoms with E-state index in [9.17, 15) is 13.2 Å². The van der Waals surface area contributed by atoms with Crippen LogP contribution in [0.2, 0.25) is 5.02 Å². The second-order valence-corrected chi connectivity index (χ2v) is 9.38. The third-order valence-electron chi connectivity index (χ3n) is 4.87. The van der Waals surface area contributed by atoms with Gasteiger partial charge in [0.1, 0.15) is 0 Å². The van der Waals surface area contributed by atoms with Crippen LogP contribution in [-0.4, -0.2) is 39.4 Å². The molecule has 1 amide bonds. The summed E-state index contributed by atoms with van der Waals surface area (Å²) in [5.41, 5.74) is 0.945. The molecule has 7 heteroatoms. The van der Waals surface area contributed by atoms with E-state index in [4.69, 9.17) is 11.6 Å².